The van der Waals surface area contributed by atoms with Crippen LogP contribution in [-0.4, -0.2) is 65.2 Å². The number of piperidine rings is 3. The fourth-order valence-electron chi connectivity index (χ4n) is 4.35. The van der Waals surface area contributed by atoms with Crippen LogP contribution in [0.15, 0.2) is 22.0 Å². The number of aromatic nitrogens is 2. The van der Waals surface area contributed by atoms with E-state index in [9.17, 15) is 4.79 Å². The minimum Gasteiger partial charge on any atom is -0.365 e. The number of amides is 1. The van der Waals surface area contributed by atoms with Crippen LogP contribution >= 0.6 is 11.3 Å². The minimum absolute atomic E-state index is 0.139. The summed E-state index contributed by atoms with van der Waals surface area (Å²) < 4.78 is 11.3. The van der Waals surface area contributed by atoms with E-state index in [2.05, 4.69) is 15.0 Å². The summed E-state index contributed by atoms with van der Waals surface area (Å²) in [5.74, 6) is 1.99. The van der Waals surface area contributed by atoms with Crippen LogP contribution in [-0.2, 0) is 9.53 Å². The highest BCUT2D eigenvalue weighted by Gasteiger charge is 2.41. The van der Waals surface area contributed by atoms with Gasteiger partial charge in [-0.05, 0) is 43.3 Å². The molecule has 6 rings (SSSR count). The zero-order chi connectivity index (χ0) is 17.5. The number of carbonyl (C=O) groups is 1. The van der Waals surface area contributed by atoms with Gasteiger partial charge in [-0.1, -0.05) is 11.2 Å². The van der Waals surface area contributed by atoms with Gasteiger partial charge in [-0.2, -0.15) is 4.98 Å². The zero-order valence-electron chi connectivity index (χ0n) is 14.5. The van der Waals surface area contributed by atoms with Crippen molar-refractivity contribution in [2.45, 2.75) is 18.9 Å². The van der Waals surface area contributed by atoms with Crippen molar-refractivity contribution in [1.29, 1.82) is 0 Å². The van der Waals surface area contributed by atoms with Crippen molar-refractivity contribution in [1.82, 2.24) is 19.9 Å². The molecule has 0 aromatic carbocycles. The van der Waals surface area contributed by atoms with Crippen LogP contribution in [0, 0.1) is 11.8 Å². The predicted octanol–water partition coefficient (Wildman–Crippen LogP) is 2.04. The second kappa shape index (κ2) is 6.75. The van der Waals surface area contributed by atoms with Gasteiger partial charge in [0.1, 0.15) is 0 Å². The van der Waals surface area contributed by atoms with E-state index in [1.54, 1.807) is 11.3 Å². The molecular formula is C18H22N4O3S. The lowest BCUT2D eigenvalue weighted by molar-refractivity contribution is -0.150. The molecule has 7 nitrogen and oxygen atoms in total. The summed E-state index contributed by atoms with van der Waals surface area (Å²) in [5.41, 5.74) is 0. The molecule has 8 heteroatoms. The summed E-state index contributed by atoms with van der Waals surface area (Å²) in [4.78, 5) is 22.9. The van der Waals surface area contributed by atoms with Crippen LogP contribution in [0.4, 0.5) is 0 Å². The van der Waals surface area contributed by atoms with E-state index >= 15 is 0 Å². The van der Waals surface area contributed by atoms with Crippen LogP contribution in [0.1, 0.15) is 24.8 Å². The number of fused-ring (bicyclic) bond motifs is 3. The van der Waals surface area contributed by atoms with Gasteiger partial charge >= 0.3 is 0 Å². The molecule has 6 heterocycles. The van der Waals surface area contributed by atoms with E-state index in [-0.39, 0.29) is 17.9 Å². The Balaban J connectivity index is 1.28. The summed E-state index contributed by atoms with van der Waals surface area (Å²) in [7, 11) is 0. The van der Waals surface area contributed by atoms with Crippen molar-refractivity contribution in [2.24, 2.45) is 11.8 Å². The predicted molar refractivity (Wildman–Crippen MR) is 95.5 cm³/mol. The van der Waals surface area contributed by atoms with E-state index in [0.29, 0.717) is 37.3 Å². The van der Waals surface area contributed by atoms with E-state index < -0.39 is 0 Å². The van der Waals surface area contributed by atoms with E-state index in [1.165, 1.54) is 0 Å². The molecule has 0 aliphatic carbocycles. The molecule has 4 aliphatic heterocycles. The molecule has 138 valence electrons. The molecule has 2 aromatic rings. The Morgan fingerprint density at radius 1 is 1.23 bits per heavy atom. The summed E-state index contributed by atoms with van der Waals surface area (Å²) in [6.45, 7) is 4.85. The topological polar surface area (TPSA) is 71.7 Å². The van der Waals surface area contributed by atoms with Crippen LogP contribution in [0.25, 0.3) is 10.7 Å². The van der Waals surface area contributed by atoms with Crippen molar-refractivity contribution in [2.75, 3.05) is 39.3 Å². The smallest absolute Gasteiger partial charge is 0.257 e. The standard InChI is InChI=1S/C18H22N4O3S/c23-18(13-10-21-5-3-12(13)4-6-21)22-7-8-24-14(11-22)17-19-16(20-25-17)15-2-1-9-26-15/h1-2,9,12-14H,3-8,10-11H2/t13-,14-/m0/s1. The summed E-state index contributed by atoms with van der Waals surface area (Å²) >= 11 is 1.57. The third-order valence-electron chi connectivity index (χ3n) is 5.81. The van der Waals surface area contributed by atoms with Crippen molar-refractivity contribution >= 4 is 17.2 Å². The van der Waals surface area contributed by atoms with Crippen LogP contribution < -0.4 is 0 Å². The first-order valence-corrected chi connectivity index (χ1v) is 10.2. The van der Waals surface area contributed by atoms with Gasteiger partial charge < -0.3 is 19.1 Å². The van der Waals surface area contributed by atoms with Crippen molar-refractivity contribution in [3.63, 3.8) is 0 Å². The van der Waals surface area contributed by atoms with E-state index in [4.69, 9.17) is 9.26 Å². The third kappa shape index (κ3) is 2.95. The molecular weight excluding hydrogens is 352 g/mol. The monoisotopic (exact) mass is 374 g/mol. The number of carbonyl (C=O) groups excluding carboxylic acids is 1. The maximum atomic E-state index is 13.1. The average Bonchev–Trinajstić information content (AvgIpc) is 3.40. The van der Waals surface area contributed by atoms with Gasteiger partial charge in [-0.3, -0.25) is 4.79 Å². The summed E-state index contributed by atoms with van der Waals surface area (Å²) in [6, 6.07) is 3.92. The molecule has 2 atom stereocenters. The third-order valence-corrected chi connectivity index (χ3v) is 6.68. The SMILES string of the molecule is O=C([C@H]1CN2CCC1CC2)N1CCO[C@H](c2nc(-c3cccs3)no2)C1. The van der Waals surface area contributed by atoms with Gasteiger partial charge in [0.25, 0.3) is 5.89 Å². The normalized spacial score (nSPS) is 31.3. The molecule has 0 saturated carbocycles. The highest BCUT2D eigenvalue weighted by atomic mass is 32.1. The second-order valence-corrected chi connectivity index (χ2v) is 8.27. The molecule has 2 bridgehead atoms. The maximum Gasteiger partial charge on any atom is 0.257 e. The quantitative estimate of drug-likeness (QED) is 0.819. The Morgan fingerprint density at radius 3 is 2.85 bits per heavy atom. The molecule has 0 N–H and O–H groups in total. The Kier molecular flexibility index (Phi) is 4.26. The van der Waals surface area contributed by atoms with Crippen molar-refractivity contribution in [3.05, 3.63) is 23.4 Å². The molecule has 4 saturated heterocycles. The second-order valence-electron chi connectivity index (χ2n) is 7.32. The molecule has 0 spiro atoms. The molecule has 1 amide bonds. The number of morpholine rings is 1. The summed E-state index contributed by atoms with van der Waals surface area (Å²) in [5, 5.41) is 6.04. The minimum atomic E-state index is -0.338. The first-order chi connectivity index (χ1) is 12.8. The Labute approximate surface area is 155 Å². The maximum absolute atomic E-state index is 13.1. The first-order valence-electron chi connectivity index (χ1n) is 9.28. The first kappa shape index (κ1) is 16.4. The van der Waals surface area contributed by atoms with Gasteiger partial charge in [0.15, 0.2) is 6.10 Å². The molecule has 4 fully saturated rings. The van der Waals surface area contributed by atoms with Crippen LogP contribution in [0.5, 0.6) is 0 Å². The van der Waals surface area contributed by atoms with Crippen molar-refractivity contribution < 1.29 is 14.1 Å². The van der Waals surface area contributed by atoms with Crippen molar-refractivity contribution in [3.8, 4) is 10.7 Å². The number of hydrogen-bond acceptors (Lipinski definition) is 7. The fraction of sp³-hybridized carbons (Fsp3) is 0.611. The lowest BCUT2D eigenvalue weighted by Gasteiger charge is -2.46. The molecule has 26 heavy (non-hydrogen) atoms. The van der Waals surface area contributed by atoms with E-state index in [1.807, 2.05) is 22.4 Å². The van der Waals surface area contributed by atoms with Crippen LogP contribution in [0.3, 0.4) is 0 Å². The van der Waals surface area contributed by atoms with Crippen LogP contribution in [0.2, 0.25) is 0 Å². The number of thiophene rings is 1. The zero-order valence-corrected chi connectivity index (χ0v) is 15.4. The number of ether oxygens (including phenoxy) is 1. The molecule has 4 aliphatic rings. The Hall–Kier alpha value is -1.77. The number of nitrogens with zero attached hydrogens (tertiary/aromatic N) is 4. The van der Waals surface area contributed by atoms with Gasteiger partial charge in [0.05, 0.1) is 23.9 Å². The molecule has 0 unspecified atom stereocenters. The Morgan fingerprint density at radius 2 is 2.12 bits per heavy atom. The largest absolute Gasteiger partial charge is 0.365 e. The lowest BCUT2D eigenvalue weighted by atomic mass is 9.78. The Bertz CT molecular complexity index is 769. The molecule has 2 aromatic heterocycles. The van der Waals surface area contributed by atoms with Gasteiger partial charge in [0.2, 0.25) is 11.7 Å². The summed E-state index contributed by atoms with van der Waals surface area (Å²) in [6.07, 6.45) is 1.96. The lowest BCUT2D eigenvalue weighted by Crippen LogP contribution is -2.55. The average molecular weight is 374 g/mol. The fourth-order valence-corrected chi connectivity index (χ4v) is 5.00. The molecule has 0 radical (unpaired) electrons. The van der Waals surface area contributed by atoms with Gasteiger partial charge in [-0.25, -0.2) is 0 Å². The van der Waals surface area contributed by atoms with Gasteiger partial charge in [-0.15, -0.1) is 11.3 Å². The van der Waals surface area contributed by atoms with Gasteiger partial charge in [0, 0.05) is 13.1 Å². The highest BCUT2D eigenvalue weighted by Crippen LogP contribution is 2.34. The number of hydrogen-bond donors (Lipinski definition) is 0. The number of rotatable bonds is 3. The van der Waals surface area contributed by atoms with E-state index in [0.717, 1.165) is 37.4 Å². The highest BCUT2D eigenvalue weighted by molar-refractivity contribution is 7.13.